The maximum atomic E-state index is 10.4. The summed E-state index contributed by atoms with van der Waals surface area (Å²) in [5, 5.41) is 18.0. The second-order valence-corrected chi connectivity index (χ2v) is 6.07. The number of nitrogens with one attached hydrogen (secondary N) is 1. The molecule has 2 N–H and O–H groups in total. The van der Waals surface area contributed by atoms with Crippen molar-refractivity contribution in [3.8, 4) is 5.75 Å². The number of aliphatic hydroxyl groups is 1. The normalized spacial score (nSPS) is 14.0. The number of nitrogens with zero attached hydrogens (tertiary/aromatic N) is 2. The quantitative estimate of drug-likeness (QED) is 0.786. The highest BCUT2D eigenvalue weighted by molar-refractivity contribution is 5.28. The van der Waals surface area contributed by atoms with Gasteiger partial charge in [0.05, 0.1) is 18.4 Å². The lowest BCUT2D eigenvalue weighted by Gasteiger charge is -2.19. The Morgan fingerprint density at radius 3 is 2.43 bits per heavy atom. The van der Waals surface area contributed by atoms with Crippen LogP contribution in [0.2, 0.25) is 0 Å². The van der Waals surface area contributed by atoms with Crippen LogP contribution in [0.15, 0.2) is 36.7 Å². The second kappa shape index (κ2) is 8.13. The molecule has 0 saturated carbocycles. The van der Waals surface area contributed by atoms with Gasteiger partial charge >= 0.3 is 0 Å². The number of hydrogen-bond acceptors (Lipinski definition) is 4. The average molecular weight is 317 g/mol. The summed E-state index contributed by atoms with van der Waals surface area (Å²) < 4.78 is 7.41. The minimum absolute atomic E-state index is 0.150. The van der Waals surface area contributed by atoms with Gasteiger partial charge in [-0.2, -0.15) is 5.10 Å². The molecule has 1 aromatic carbocycles. The highest BCUT2D eigenvalue weighted by Crippen LogP contribution is 2.20. The summed E-state index contributed by atoms with van der Waals surface area (Å²) in [6, 6.07) is 7.82. The molecule has 1 aromatic heterocycles. The smallest absolute Gasteiger partial charge is 0.119 e. The molecule has 0 amide bonds. The van der Waals surface area contributed by atoms with Crippen LogP contribution in [0.1, 0.15) is 50.5 Å². The van der Waals surface area contributed by atoms with Gasteiger partial charge in [-0.05, 0) is 38.0 Å². The molecule has 1 heterocycles. The van der Waals surface area contributed by atoms with Crippen molar-refractivity contribution in [1.29, 1.82) is 0 Å². The van der Waals surface area contributed by atoms with E-state index in [0.29, 0.717) is 6.54 Å². The molecule has 5 heteroatoms. The second-order valence-electron chi connectivity index (χ2n) is 6.07. The van der Waals surface area contributed by atoms with E-state index in [1.165, 1.54) is 0 Å². The number of aryl methyl sites for hydroxylation is 1. The molecule has 23 heavy (non-hydrogen) atoms. The fourth-order valence-electron chi connectivity index (χ4n) is 2.53. The molecule has 0 fully saturated rings. The molecule has 0 aliphatic heterocycles. The van der Waals surface area contributed by atoms with Crippen LogP contribution in [0.3, 0.4) is 0 Å². The van der Waals surface area contributed by atoms with E-state index in [1.54, 1.807) is 4.68 Å². The molecule has 2 atom stereocenters. The van der Waals surface area contributed by atoms with Crippen LogP contribution in [-0.2, 0) is 7.05 Å². The zero-order valence-corrected chi connectivity index (χ0v) is 14.4. The van der Waals surface area contributed by atoms with Crippen LogP contribution in [0.5, 0.6) is 5.75 Å². The molecular formula is C18H27N3O2. The number of benzene rings is 1. The number of aliphatic hydroxyl groups excluding tert-OH is 1. The number of aromatic nitrogens is 2. The van der Waals surface area contributed by atoms with Crippen LogP contribution in [-0.4, -0.2) is 27.5 Å². The molecule has 0 bridgehead atoms. The molecular weight excluding hydrogens is 290 g/mol. The first-order valence-electron chi connectivity index (χ1n) is 8.16. The van der Waals surface area contributed by atoms with Gasteiger partial charge in [-0.1, -0.05) is 19.1 Å². The van der Waals surface area contributed by atoms with Crippen molar-refractivity contribution in [2.45, 2.75) is 45.4 Å². The molecule has 2 unspecified atom stereocenters. The van der Waals surface area contributed by atoms with Crippen molar-refractivity contribution < 1.29 is 9.84 Å². The minimum atomic E-state index is -0.547. The summed E-state index contributed by atoms with van der Waals surface area (Å²) in [7, 11) is 1.91. The molecule has 0 spiro atoms. The zero-order valence-electron chi connectivity index (χ0n) is 14.4. The molecule has 2 rings (SSSR count). The first-order chi connectivity index (χ1) is 11.0. The molecule has 0 saturated heterocycles. The summed E-state index contributed by atoms with van der Waals surface area (Å²) in [5.74, 6) is 0.825. The third-order valence-corrected chi connectivity index (χ3v) is 3.73. The fraction of sp³-hybridized carbons (Fsp3) is 0.500. The van der Waals surface area contributed by atoms with E-state index in [0.717, 1.165) is 23.3 Å². The van der Waals surface area contributed by atoms with Gasteiger partial charge in [-0.3, -0.25) is 4.68 Å². The van der Waals surface area contributed by atoms with Gasteiger partial charge < -0.3 is 15.2 Å². The van der Waals surface area contributed by atoms with Crippen LogP contribution >= 0.6 is 0 Å². The molecule has 0 aliphatic carbocycles. The van der Waals surface area contributed by atoms with Gasteiger partial charge in [0.15, 0.2) is 0 Å². The summed E-state index contributed by atoms with van der Waals surface area (Å²) in [6.45, 7) is 6.61. The van der Waals surface area contributed by atoms with Crippen LogP contribution in [0.4, 0.5) is 0 Å². The molecule has 0 radical (unpaired) electrons. The van der Waals surface area contributed by atoms with Crippen molar-refractivity contribution in [3.63, 3.8) is 0 Å². The average Bonchev–Trinajstić information content (AvgIpc) is 2.94. The third kappa shape index (κ3) is 5.08. The largest absolute Gasteiger partial charge is 0.491 e. The maximum absolute atomic E-state index is 10.4. The lowest BCUT2D eigenvalue weighted by Crippen LogP contribution is -2.26. The third-order valence-electron chi connectivity index (χ3n) is 3.73. The van der Waals surface area contributed by atoms with E-state index in [9.17, 15) is 5.11 Å². The highest BCUT2D eigenvalue weighted by Gasteiger charge is 2.14. The van der Waals surface area contributed by atoms with E-state index in [2.05, 4.69) is 17.3 Å². The Labute approximate surface area is 138 Å². The van der Waals surface area contributed by atoms with E-state index >= 15 is 0 Å². The first kappa shape index (κ1) is 17.5. The van der Waals surface area contributed by atoms with Gasteiger partial charge in [0, 0.05) is 31.4 Å². The van der Waals surface area contributed by atoms with Crippen molar-refractivity contribution in [1.82, 2.24) is 15.1 Å². The molecule has 2 aromatic rings. The Hall–Kier alpha value is -1.85. The van der Waals surface area contributed by atoms with Crippen LogP contribution < -0.4 is 10.1 Å². The summed E-state index contributed by atoms with van der Waals surface area (Å²) in [6.07, 6.45) is 4.42. The Bertz CT molecular complexity index is 593. The molecule has 0 aliphatic rings. The van der Waals surface area contributed by atoms with Crippen molar-refractivity contribution in [2.24, 2.45) is 7.05 Å². The monoisotopic (exact) mass is 317 g/mol. The predicted molar refractivity (Wildman–Crippen MR) is 91.4 cm³/mol. The van der Waals surface area contributed by atoms with Gasteiger partial charge in [-0.15, -0.1) is 0 Å². The Morgan fingerprint density at radius 1 is 1.22 bits per heavy atom. The number of rotatable bonds is 8. The summed E-state index contributed by atoms with van der Waals surface area (Å²) >= 11 is 0. The summed E-state index contributed by atoms with van der Waals surface area (Å²) in [5.41, 5.74) is 2.03. The molecule has 5 nitrogen and oxygen atoms in total. The predicted octanol–water partition coefficient (Wildman–Crippen LogP) is 2.98. The Kier molecular flexibility index (Phi) is 6.19. The van der Waals surface area contributed by atoms with Gasteiger partial charge in [-0.25, -0.2) is 0 Å². The standard InChI is InChI=1S/C18H27N3O2/c1-5-17(15-10-20-21(4)12-15)19-11-18(22)14-6-8-16(9-7-14)23-13(2)3/h6-10,12-13,17-19,22H,5,11H2,1-4H3. The van der Waals surface area contributed by atoms with Crippen molar-refractivity contribution in [2.75, 3.05) is 6.54 Å². The Morgan fingerprint density at radius 2 is 1.91 bits per heavy atom. The van der Waals surface area contributed by atoms with Crippen molar-refractivity contribution in [3.05, 3.63) is 47.8 Å². The van der Waals surface area contributed by atoms with Crippen LogP contribution in [0.25, 0.3) is 0 Å². The fourth-order valence-corrected chi connectivity index (χ4v) is 2.53. The minimum Gasteiger partial charge on any atom is -0.491 e. The lowest BCUT2D eigenvalue weighted by atomic mass is 10.1. The maximum Gasteiger partial charge on any atom is 0.119 e. The van der Waals surface area contributed by atoms with E-state index in [4.69, 9.17) is 4.74 Å². The zero-order chi connectivity index (χ0) is 16.8. The SMILES string of the molecule is CCC(NCC(O)c1ccc(OC(C)C)cc1)c1cnn(C)c1. The van der Waals surface area contributed by atoms with Gasteiger partial charge in [0.2, 0.25) is 0 Å². The number of hydrogen-bond donors (Lipinski definition) is 2. The highest BCUT2D eigenvalue weighted by atomic mass is 16.5. The lowest BCUT2D eigenvalue weighted by molar-refractivity contribution is 0.169. The van der Waals surface area contributed by atoms with E-state index in [-0.39, 0.29) is 12.1 Å². The van der Waals surface area contributed by atoms with Crippen LogP contribution in [0, 0.1) is 0 Å². The van der Waals surface area contributed by atoms with E-state index in [1.807, 2.05) is 57.6 Å². The Balaban J connectivity index is 1.91. The van der Waals surface area contributed by atoms with Gasteiger partial charge in [0.25, 0.3) is 0 Å². The van der Waals surface area contributed by atoms with Gasteiger partial charge in [0.1, 0.15) is 5.75 Å². The topological polar surface area (TPSA) is 59.3 Å². The first-order valence-corrected chi connectivity index (χ1v) is 8.16. The van der Waals surface area contributed by atoms with E-state index < -0.39 is 6.10 Å². The van der Waals surface area contributed by atoms with Crippen molar-refractivity contribution >= 4 is 0 Å². The molecule has 126 valence electrons. The number of ether oxygens (including phenoxy) is 1. The summed E-state index contributed by atoms with van der Waals surface area (Å²) in [4.78, 5) is 0.